The number of allylic oxidation sites excluding steroid dienone is 8. The molecule has 0 N–H and O–H groups in total. The molecule has 117 valence electrons. The summed E-state index contributed by atoms with van der Waals surface area (Å²) in [5.41, 5.74) is 0. The molecule has 0 nitrogen and oxygen atoms in total. The zero-order valence-corrected chi connectivity index (χ0v) is 17.3. The third kappa shape index (κ3) is 9.60. The summed E-state index contributed by atoms with van der Waals surface area (Å²) in [6, 6.07) is 21.3. The topological polar surface area (TPSA) is 0 Å². The van der Waals surface area contributed by atoms with Gasteiger partial charge in [0.05, 0.1) is 0 Å². The van der Waals surface area contributed by atoms with Gasteiger partial charge in [-0.05, 0) is 0 Å². The van der Waals surface area contributed by atoms with E-state index in [4.69, 9.17) is 0 Å². The van der Waals surface area contributed by atoms with Crippen molar-refractivity contribution in [1.29, 1.82) is 0 Å². The Labute approximate surface area is 167 Å². The van der Waals surface area contributed by atoms with Crippen LogP contribution in [0.1, 0.15) is 12.8 Å². The molecule has 0 amide bonds. The first kappa shape index (κ1) is 20.5. The SMILES string of the molecule is [C-]1=CC=CC1.[C-]1=CC=CC1.[Zr+2].c1ccc([SiH]c2ccccc2)cc1. The van der Waals surface area contributed by atoms with Crippen molar-refractivity contribution < 1.29 is 26.2 Å². The summed E-state index contributed by atoms with van der Waals surface area (Å²) in [4.78, 5) is 0. The van der Waals surface area contributed by atoms with Gasteiger partial charge in [-0.1, -0.05) is 71.0 Å². The molecule has 2 heteroatoms. The average Bonchev–Trinajstić information content (AvgIpc) is 3.35. The van der Waals surface area contributed by atoms with E-state index < -0.39 is 0 Å². The van der Waals surface area contributed by atoms with Gasteiger partial charge >= 0.3 is 26.2 Å². The zero-order chi connectivity index (χ0) is 16.0. The van der Waals surface area contributed by atoms with Gasteiger partial charge < -0.3 is 0 Å². The molecule has 2 aromatic carbocycles. The van der Waals surface area contributed by atoms with Gasteiger partial charge in [-0.2, -0.15) is 12.2 Å². The molecular formula is C22H21SiZr. The molecule has 0 spiro atoms. The molecule has 24 heavy (non-hydrogen) atoms. The van der Waals surface area contributed by atoms with Crippen LogP contribution in [0.3, 0.4) is 0 Å². The Morgan fingerprint density at radius 1 is 0.625 bits per heavy atom. The standard InChI is InChI=1S/C12H11Si.2C5H5.Zr/c1-3-7-11(8-4-1)13-12-9-5-2-6-10-12;2*1-2-4-5-3-1;/h1-10,13H;2*1-3H,4H2;/q;2*-1;+2. The molecule has 0 aliphatic heterocycles. The van der Waals surface area contributed by atoms with Crippen LogP contribution < -0.4 is 10.4 Å². The van der Waals surface area contributed by atoms with Crippen LogP contribution in [0.5, 0.6) is 0 Å². The average molecular weight is 405 g/mol. The molecule has 0 bridgehead atoms. The molecule has 0 atom stereocenters. The minimum atomic E-state index is 0. The summed E-state index contributed by atoms with van der Waals surface area (Å²) < 4.78 is 0. The summed E-state index contributed by atoms with van der Waals surface area (Å²) >= 11 is 0. The Hall–Kier alpha value is -1.50. The quantitative estimate of drug-likeness (QED) is 0.529. The monoisotopic (exact) mass is 403 g/mol. The molecule has 2 aromatic rings. The second-order valence-electron chi connectivity index (χ2n) is 4.97. The Kier molecular flexibility index (Phi) is 11.9. The van der Waals surface area contributed by atoms with E-state index in [1.54, 1.807) is 0 Å². The molecule has 0 saturated carbocycles. The number of benzene rings is 2. The fourth-order valence-electron chi connectivity index (χ4n) is 1.97. The van der Waals surface area contributed by atoms with Gasteiger partial charge in [0.1, 0.15) is 9.52 Å². The van der Waals surface area contributed by atoms with Gasteiger partial charge in [-0.15, -0.1) is 12.8 Å². The summed E-state index contributed by atoms with van der Waals surface area (Å²) in [7, 11) is 0.271. The van der Waals surface area contributed by atoms with Crippen molar-refractivity contribution in [2.24, 2.45) is 0 Å². The maximum atomic E-state index is 2.99. The molecule has 0 saturated heterocycles. The van der Waals surface area contributed by atoms with Gasteiger partial charge in [-0.3, -0.25) is 12.2 Å². The van der Waals surface area contributed by atoms with Crippen molar-refractivity contribution in [2.45, 2.75) is 12.8 Å². The van der Waals surface area contributed by atoms with Gasteiger partial charge in [0.25, 0.3) is 0 Å². The van der Waals surface area contributed by atoms with Crippen molar-refractivity contribution in [3.8, 4) is 0 Å². The number of rotatable bonds is 2. The van der Waals surface area contributed by atoms with E-state index in [1.807, 2.05) is 24.3 Å². The summed E-state index contributed by atoms with van der Waals surface area (Å²) in [5.74, 6) is 0. The fraction of sp³-hybridized carbons (Fsp3) is 0.0909. The Balaban J connectivity index is 0.000000216. The van der Waals surface area contributed by atoms with Crippen LogP contribution >= 0.6 is 0 Å². The molecule has 4 rings (SSSR count). The molecular weight excluding hydrogens is 384 g/mol. The van der Waals surface area contributed by atoms with Gasteiger partial charge in [-0.25, -0.2) is 24.3 Å². The molecule has 0 unspecified atom stereocenters. The second-order valence-corrected chi connectivity index (χ2v) is 6.59. The Bertz CT molecular complexity index is 575. The van der Waals surface area contributed by atoms with Crippen LogP contribution in [0.15, 0.2) is 97.1 Å². The molecule has 0 heterocycles. The van der Waals surface area contributed by atoms with Gasteiger partial charge in [0.2, 0.25) is 0 Å². The maximum Gasteiger partial charge on any atom is 2.00 e. The van der Waals surface area contributed by atoms with Crippen LogP contribution in [-0.4, -0.2) is 9.52 Å². The summed E-state index contributed by atoms with van der Waals surface area (Å²) in [6.07, 6.45) is 20.0. The predicted molar refractivity (Wildman–Crippen MR) is 102 cm³/mol. The third-order valence-electron chi connectivity index (χ3n) is 3.10. The van der Waals surface area contributed by atoms with Crippen LogP contribution in [0.2, 0.25) is 0 Å². The van der Waals surface area contributed by atoms with Gasteiger partial charge in [0.15, 0.2) is 0 Å². The van der Waals surface area contributed by atoms with Gasteiger partial charge in [0, 0.05) is 0 Å². The van der Waals surface area contributed by atoms with Crippen molar-refractivity contribution in [3.05, 3.63) is 109 Å². The maximum absolute atomic E-state index is 2.99. The Morgan fingerprint density at radius 3 is 1.29 bits per heavy atom. The smallest absolute Gasteiger partial charge is 0.273 e. The minimum Gasteiger partial charge on any atom is -0.273 e. The molecule has 0 aromatic heterocycles. The third-order valence-corrected chi connectivity index (χ3v) is 4.54. The number of hydrogen-bond acceptors (Lipinski definition) is 0. The largest absolute Gasteiger partial charge is 2.00 e. The van der Waals surface area contributed by atoms with E-state index in [9.17, 15) is 0 Å². The molecule has 1 radical (unpaired) electrons. The van der Waals surface area contributed by atoms with Crippen LogP contribution in [0.4, 0.5) is 0 Å². The number of hydrogen-bond donors (Lipinski definition) is 0. The van der Waals surface area contributed by atoms with Crippen LogP contribution in [0.25, 0.3) is 0 Å². The first-order valence-corrected chi connectivity index (χ1v) is 8.99. The fourth-order valence-corrected chi connectivity index (χ4v) is 3.19. The van der Waals surface area contributed by atoms with E-state index in [0.717, 1.165) is 12.8 Å². The van der Waals surface area contributed by atoms with E-state index in [0.29, 0.717) is 0 Å². The first-order chi connectivity index (χ1) is 11.4. The van der Waals surface area contributed by atoms with Crippen molar-refractivity contribution in [2.75, 3.05) is 0 Å². The minimum absolute atomic E-state index is 0. The van der Waals surface area contributed by atoms with E-state index in [-0.39, 0.29) is 35.7 Å². The molecule has 2 aliphatic rings. The summed E-state index contributed by atoms with van der Waals surface area (Å²) in [5, 5.41) is 2.90. The van der Waals surface area contributed by atoms with Crippen molar-refractivity contribution >= 4 is 19.9 Å². The van der Waals surface area contributed by atoms with Crippen LogP contribution in [0, 0.1) is 12.2 Å². The van der Waals surface area contributed by atoms with Crippen molar-refractivity contribution in [3.63, 3.8) is 0 Å². The first-order valence-electron chi connectivity index (χ1n) is 7.83. The van der Waals surface area contributed by atoms with E-state index in [1.165, 1.54) is 10.4 Å². The van der Waals surface area contributed by atoms with E-state index in [2.05, 4.69) is 85.0 Å². The summed E-state index contributed by atoms with van der Waals surface area (Å²) in [6.45, 7) is 0. The Morgan fingerprint density at radius 2 is 1.04 bits per heavy atom. The predicted octanol–water partition coefficient (Wildman–Crippen LogP) is 3.68. The molecule has 2 aliphatic carbocycles. The molecule has 0 fully saturated rings. The van der Waals surface area contributed by atoms with E-state index >= 15 is 0 Å². The van der Waals surface area contributed by atoms with Crippen LogP contribution in [-0.2, 0) is 26.2 Å². The normalized spacial score (nSPS) is 12.7. The second kappa shape index (κ2) is 13.9. The zero-order valence-electron chi connectivity index (χ0n) is 13.7. The van der Waals surface area contributed by atoms with Crippen molar-refractivity contribution in [1.82, 2.24) is 0 Å².